The van der Waals surface area contributed by atoms with Crippen LogP contribution in [-0.2, 0) is 4.74 Å². The molecule has 1 aromatic heterocycles. The normalized spacial score (nSPS) is 22.2. The van der Waals surface area contributed by atoms with E-state index in [1.54, 1.807) is 20.8 Å². The summed E-state index contributed by atoms with van der Waals surface area (Å²) < 4.78 is 5.09. The quantitative estimate of drug-likeness (QED) is 0.616. The van der Waals surface area contributed by atoms with Crippen LogP contribution in [0.4, 0.5) is 0 Å². The van der Waals surface area contributed by atoms with Crippen LogP contribution in [0.15, 0.2) is 0 Å². The Hall–Kier alpha value is -1.62. The summed E-state index contributed by atoms with van der Waals surface area (Å²) >= 11 is 0. The highest BCUT2D eigenvalue weighted by molar-refractivity contribution is 6.03. The molecule has 0 unspecified atom stereocenters. The molecule has 2 N–H and O–H groups in total. The van der Waals surface area contributed by atoms with E-state index in [1.165, 1.54) is 19.3 Å². The number of ketones is 1. The van der Waals surface area contributed by atoms with Gasteiger partial charge in [-0.1, -0.05) is 19.8 Å². The van der Waals surface area contributed by atoms with Gasteiger partial charge in [-0.3, -0.25) is 4.79 Å². The van der Waals surface area contributed by atoms with Crippen LogP contribution in [0.25, 0.3) is 0 Å². The van der Waals surface area contributed by atoms with Gasteiger partial charge in [-0.15, -0.1) is 0 Å². The van der Waals surface area contributed by atoms with Crippen LogP contribution >= 0.6 is 0 Å². The minimum absolute atomic E-state index is 0.00363. The predicted molar refractivity (Wildman–Crippen MR) is 94.6 cm³/mol. The molecule has 0 saturated heterocycles. The molecule has 134 valence electrons. The molecule has 2 rings (SSSR count). The number of hydrogen-bond donors (Lipinski definition) is 2. The number of rotatable bonds is 6. The molecular formula is C19H30N2O3. The molecule has 1 fully saturated rings. The van der Waals surface area contributed by atoms with Gasteiger partial charge in [0.05, 0.1) is 23.9 Å². The topological polar surface area (TPSA) is 71.2 Å². The number of aryl methyl sites for hydroxylation is 1. The van der Waals surface area contributed by atoms with E-state index in [2.05, 4.69) is 17.2 Å². The Morgan fingerprint density at radius 2 is 1.96 bits per heavy atom. The third-order valence-corrected chi connectivity index (χ3v) is 5.13. The van der Waals surface area contributed by atoms with Gasteiger partial charge in [0.15, 0.2) is 5.78 Å². The smallest absolute Gasteiger partial charge is 0.340 e. The zero-order valence-electron chi connectivity index (χ0n) is 15.5. The van der Waals surface area contributed by atoms with Crippen molar-refractivity contribution in [1.29, 1.82) is 0 Å². The fraction of sp³-hybridized carbons (Fsp3) is 0.684. The summed E-state index contributed by atoms with van der Waals surface area (Å²) in [5, 5.41) is 3.49. The second-order valence-corrected chi connectivity index (χ2v) is 6.97. The predicted octanol–water partition coefficient (Wildman–Crippen LogP) is 3.55. The molecule has 0 spiro atoms. The SMILES string of the molecule is CCOC(=O)c1c(C)[nH]c(C(=O)[C@H](C)N[C@H]2CCCC[C@@H]2C)c1C. The lowest BCUT2D eigenvalue weighted by atomic mass is 9.85. The van der Waals surface area contributed by atoms with E-state index in [4.69, 9.17) is 4.74 Å². The van der Waals surface area contributed by atoms with Crippen molar-refractivity contribution in [2.45, 2.75) is 72.4 Å². The van der Waals surface area contributed by atoms with Crippen molar-refractivity contribution in [2.75, 3.05) is 6.61 Å². The van der Waals surface area contributed by atoms with Crippen molar-refractivity contribution in [2.24, 2.45) is 5.92 Å². The Kier molecular flexibility index (Phi) is 6.21. The lowest BCUT2D eigenvalue weighted by Crippen LogP contribution is -2.46. The van der Waals surface area contributed by atoms with Crippen LogP contribution in [-0.4, -0.2) is 35.4 Å². The molecule has 1 aliphatic rings. The summed E-state index contributed by atoms with van der Waals surface area (Å²) in [5.41, 5.74) is 2.37. The van der Waals surface area contributed by atoms with Crippen molar-refractivity contribution in [3.05, 3.63) is 22.5 Å². The monoisotopic (exact) mass is 334 g/mol. The average molecular weight is 334 g/mol. The van der Waals surface area contributed by atoms with Crippen LogP contribution in [0.3, 0.4) is 0 Å². The molecule has 0 amide bonds. The number of ether oxygens (including phenoxy) is 1. The van der Waals surface area contributed by atoms with E-state index in [9.17, 15) is 9.59 Å². The number of esters is 1. The van der Waals surface area contributed by atoms with Crippen LogP contribution in [0, 0.1) is 19.8 Å². The Balaban J connectivity index is 2.14. The van der Waals surface area contributed by atoms with Crippen LogP contribution in [0.5, 0.6) is 0 Å². The number of carbonyl (C=O) groups is 2. The van der Waals surface area contributed by atoms with E-state index in [0.29, 0.717) is 41.1 Å². The summed E-state index contributed by atoms with van der Waals surface area (Å²) in [4.78, 5) is 28.0. The minimum atomic E-state index is -0.371. The summed E-state index contributed by atoms with van der Waals surface area (Å²) in [6.07, 6.45) is 4.83. The van der Waals surface area contributed by atoms with Gasteiger partial charge in [-0.25, -0.2) is 4.79 Å². The van der Waals surface area contributed by atoms with E-state index in [0.717, 1.165) is 6.42 Å². The zero-order valence-corrected chi connectivity index (χ0v) is 15.5. The Labute approximate surface area is 144 Å². The molecule has 3 atom stereocenters. The number of H-pyrrole nitrogens is 1. The highest BCUT2D eigenvalue weighted by atomic mass is 16.5. The van der Waals surface area contributed by atoms with Gasteiger partial charge in [-0.2, -0.15) is 0 Å². The second-order valence-electron chi connectivity index (χ2n) is 6.97. The van der Waals surface area contributed by atoms with Crippen LogP contribution in [0.2, 0.25) is 0 Å². The van der Waals surface area contributed by atoms with Gasteiger partial charge in [-0.05, 0) is 52.0 Å². The molecule has 1 saturated carbocycles. The zero-order chi connectivity index (χ0) is 17.9. The fourth-order valence-electron chi connectivity index (χ4n) is 3.68. The standard InChI is InChI=1S/C19H30N2O3/c1-6-24-19(23)16-12(3)17(21-13(16)4)18(22)14(5)20-15-10-8-7-9-11(15)2/h11,14-15,20-21H,6-10H2,1-5H3/t11-,14-,15-/m0/s1. The summed E-state index contributed by atoms with van der Waals surface area (Å²) in [5.74, 6) is 0.226. The van der Waals surface area contributed by atoms with Crippen molar-refractivity contribution in [1.82, 2.24) is 10.3 Å². The lowest BCUT2D eigenvalue weighted by molar-refractivity contribution is 0.0525. The largest absolute Gasteiger partial charge is 0.462 e. The molecule has 1 aromatic rings. The molecule has 24 heavy (non-hydrogen) atoms. The Bertz CT molecular complexity index is 606. The first kappa shape index (κ1) is 18.7. The minimum Gasteiger partial charge on any atom is -0.462 e. The first-order chi connectivity index (χ1) is 11.4. The first-order valence-electron chi connectivity index (χ1n) is 9.03. The van der Waals surface area contributed by atoms with Gasteiger partial charge in [0, 0.05) is 11.7 Å². The van der Waals surface area contributed by atoms with E-state index in [-0.39, 0.29) is 17.8 Å². The first-order valence-corrected chi connectivity index (χ1v) is 9.03. The van der Waals surface area contributed by atoms with Gasteiger partial charge in [0.1, 0.15) is 0 Å². The highest BCUT2D eigenvalue weighted by Crippen LogP contribution is 2.25. The van der Waals surface area contributed by atoms with Gasteiger partial charge in [0.25, 0.3) is 0 Å². The van der Waals surface area contributed by atoms with Crippen LogP contribution in [0.1, 0.15) is 78.6 Å². The van der Waals surface area contributed by atoms with Crippen molar-refractivity contribution >= 4 is 11.8 Å². The van der Waals surface area contributed by atoms with Crippen molar-refractivity contribution in [3.63, 3.8) is 0 Å². The van der Waals surface area contributed by atoms with E-state index < -0.39 is 0 Å². The summed E-state index contributed by atoms with van der Waals surface area (Å²) in [6.45, 7) is 9.86. The van der Waals surface area contributed by atoms with Gasteiger partial charge < -0.3 is 15.0 Å². The van der Waals surface area contributed by atoms with Gasteiger partial charge >= 0.3 is 5.97 Å². The molecule has 0 aromatic carbocycles. The average Bonchev–Trinajstić information content (AvgIpc) is 2.83. The number of nitrogens with one attached hydrogen (secondary N) is 2. The second kappa shape index (κ2) is 7.97. The Morgan fingerprint density at radius 3 is 2.58 bits per heavy atom. The number of aromatic amines is 1. The molecule has 1 aliphatic carbocycles. The number of Topliss-reactive ketones (excluding diaryl/α,β-unsaturated/α-hetero) is 1. The molecule has 5 heteroatoms. The molecule has 0 bridgehead atoms. The molecular weight excluding hydrogens is 304 g/mol. The summed E-state index contributed by atoms with van der Waals surface area (Å²) in [6, 6.07) is 0.112. The maximum Gasteiger partial charge on any atom is 0.340 e. The lowest BCUT2D eigenvalue weighted by Gasteiger charge is -2.31. The molecule has 5 nitrogen and oxygen atoms in total. The number of hydrogen-bond acceptors (Lipinski definition) is 4. The molecule has 0 radical (unpaired) electrons. The third-order valence-electron chi connectivity index (χ3n) is 5.13. The summed E-state index contributed by atoms with van der Waals surface area (Å²) in [7, 11) is 0. The fourth-order valence-corrected chi connectivity index (χ4v) is 3.68. The number of carbonyl (C=O) groups excluding carboxylic acids is 2. The Morgan fingerprint density at radius 1 is 1.29 bits per heavy atom. The maximum absolute atomic E-state index is 12.8. The highest BCUT2D eigenvalue weighted by Gasteiger charge is 2.29. The van der Waals surface area contributed by atoms with E-state index >= 15 is 0 Å². The molecule has 0 aliphatic heterocycles. The molecule has 1 heterocycles. The maximum atomic E-state index is 12.8. The van der Waals surface area contributed by atoms with Gasteiger partial charge in [0.2, 0.25) is 0 Å². The van der Waals surface area contributed by atoms with Crippen molar-refractivity contribution in [3.8, 4) is 0 Å². The third kappa shape index (κ3) is 3.89. The van der Waals surface area contributed by atoms with Crippen molar-refractivity contribution < 1.29 is 14.3 Å². The van der Waals surface area contributed by atoms with Crippen LogP contribution < -0.4 is 5.32 Å². The van der Waals surface area contributed by atoms with E-state index in [1.807, 2.05) is 6.92 Å². The number of aromatic nitrogens is 1.